The fraction of sp³-hybridized carbons (Fsp3) is 0.455. The summed E-state index contributed by atoms with van der Waals surface area (Å²) in [5, 5.41) is 0. The molecule has 3 heteroatoms. The molecule has 0 unspecified atom stereocenters. The highest BCUT2D eigenvalue weighted by Crippen LogP contribution is 2.31. The number of fused-ring (bicyclic) bond motifs is 2. The SMILES string of the molecule is Nc1ccc(N2C[C@H]3C[C@@H](C2)O3)cc1. The van der Waals surface area contributed by atoms with Gasteiger partial charge in [-0.3, -0.25) is 0 Å². The number of hydrogen-bond acceptors (Lipinski definition) is 3. The third kappa shape index (κ3) is 1.24. The summed E-state index contributed by atoms with van der Waals surface area (Å²) in [6, 6.07) is 8.08. The summed E-state index contributed by atoms with van der Waals surface area (Å²) in [6.07, 6.45) is 2.17. The van der Waals surface area contributed by atoms with Gasteiger partial charge in [0.25, 0.3) is 0 Å². The summed E-state index contributed by atoms with van der Waals surface area (Å²) in [7, 11) is 0. The Morgan fingerprint density at radius 1 is 1.14 bits per heavy atom. The first-order chi connectivity index (χ1) is 6.81. The van der Waals surface area contributed by atoms with Crippen molar-refractivity contribution in [1.29, 1.82) is 0 Å². The number of nitrogens with two attached hydrogens (primary N) is 1. The van der Waals surface area contributed by atoms with Crippen molar-refractivity contribution in [2.45, 2.75) is 18.6 Å². The second kappa shape index (κ2) is 2.89. The molecule has 3 aliphatic rings. The number of morpholine rings is 1. The topological polar surface area (TPSA) is 38.5 Å². The highest BCUT2D eigenvalue weighted by atomic mass is 16.5. The van der Waals surface area contributed by atoms with Gasteiger partial charge in [-0.05, 0) is 24.3 Å². The Morgan fingerprint density at radius 2 is 1.71 bits per heavy atom. The maximum atomic E-state index is 5.65. The Hall–Kier alpha value is -1.22. The Labute approximate surface area is 83.5 Å². The molecule has 2 bridgehead atoms. The monoisotopic (exact) mass is 190 g/mol. The molecule has 2 atom stereocenters. The number of rotatable bonds is 1. The maximum Gasteiger partial charge on any atom is 0.0780 e. The average molecular weight is 190 g/mol. The van der Waals surface area contributed by atoms with E-state index in [-0.39, 0.29) is 0 Å². The minimum atomic E-state index is 0.464. The predicted octanol–water partition coefficient (Wildman–Crippen LogP) is 1.25. The quantitative estimate of drug-likeness (QED) is 0.677. The summed E-state index contributed by atoms with van der Waals surface area (Å²) >= 11 is 0. The average Bonchev–Trinajstić information content (AvgIpc) is 2.18. The molecule has 14 heavy (non-hydrogen) atoms. The van der Waals surface area contributed by atoms with E-state index in [9.17, 15) is 0 Å². The number of nitrogen functional groups attached to an aromatic ring is 1. The van der Waals surface area contributed by atoms with Gasteiger partial charge in [0.15, 0.2) is 0 Å². The van der Waals surface area contributed by atoms with Gasteiger partial charge in [-0.15, -0.1) is 0 Å². The second-order valence-electron chi connectivity index (χ2n) is 4.11. The molecule has 4 rings (SSSR count). The smallest absolute Gasteiger partial charge is 0.0780 e. The van der Waals surface area contributed by atoms with Crippen LogP contribution in [0.5, 0.6) is 0 Å². The van der Waals surface area contributed by atoms with Crippen LogP contribution in [0.15, 0.2) is 24.3 Å². The largest absolute Gasteiger partial charge is 0.399 e. The van der Waals surface area contributed by atoms with Crippen molar-refractivity contribution in [3.63, 3.8) is 0 Å². The molecule has 0 amide bonds. The number of benzene rings is 1. The van der Waals surface area contributed by atoms with E-state index in [1.807, 2.05) is 12.1 Å². The third-order valence-electron chi connectivity index (χ3n) is 3.02. The molecule has 3 aliphatic heterocycles. The van der Waals surface area contributed by atoms with Crippen LogP contribution in [0.3, 0.4) is 0 Å². The van der Waals surface area contributed by atoms with Crippen molar-refractivity contribution in [2.75, 3.05) is 23.7 Å². The lowest BCUT2D eigenvalue weighted by molar-refractivity contribution is -0.133. The summed E-state index contributed by atoms with van der Waals surface area (Å²) in [4.78, 5) is 2.38. The molecular formula is C11H14N2O. The zero-order chi connectivity index (χ0) is 9.54. The highest BCUT2D eigenvalue weighted by molar-refractivity contribution is 5.53. The molecule has 3 fully saturated rings. The van der Waals surface area contributed by atoms with Gasteiger partial charge < -0.3 is 15.4 Å². The zero-order valence-corrected chi connectivity index (χ0v) is 8.02. The van der Waals surface area contributed by atoms with E-state index in [4.69, 9.17) is 10.5 Å². The Kier molecular flexibility index (Phi) is 1.67. The first kappa shape index (κ1) is 8.12. The molecule has 3 heterocycles. The van der Waals surface area contributed by atoms with Gasteiger partial charge in [0, 0.05) is 30.9 Å². The number of hydrogen-bond donors (Lipinski definition) is 1. The molecule has 0 radical (unpaired) electrons. The molecule has 0 spiro atoms. The molecule has 3 saturated heterocycles. The highest BCUT2D eigenvalue weighted by Gasteiger charge is 2.38. The molecule has 1 aromatic rings. The number of anilines is 2. The van der Waals surface area contributed by atoms with Crippen molar-refractivity contribution in [2.24, 2.45) is 0 Å². The molecule has 74 valence electrons. The third-order valence-corrected chi connectivity index (χ3v) is 3.02. The van der Waals surface area contributed by atoms with Crippen LogP contribution >= 0.6 is 0 Å². The van der Waals surface area contributed by atoms with Crippen LogP contribution in [0.25, 0.3) is 0 Å². The van der Waals surface area contributed by atoms with Gasteiger partial charge >= 0.3 is 0 Å². The van der Waals surface area contributed by atoms with Crippen LogP contribution in [-0.2, 0) is 4.74 Å². The Balaban J connectivity index is 1.79. The van der Waals surface area contributed by atoms with Crippen LogP contribution in [0.1, 0.15) is 6.42 Å². The predicted molar refractivity (Wildman–Crippen MR) is 56.3 cm³/mol. The van der Waals surface area contributed by atoms with E-state index in [2.05, 4.69) is 17.0 Å². The van der Waals surface area contributed by atoms with E-state index in [0.717, 1.165) is 18.8 Å². The van der Waals surface area contributed by atoms with Gasteiger partial charge in [0.05, 0.1) is 12.2 Å². The van der Waals surface area contributed by atoms with E-state index >= 15 is 0 Å². The van der Waals surface area contributed by atoms with Crippen LogP contribution in [0, 0.1) is 0 Å². The lowest BCUT2D eigenvalue weighted by atomic mass is 9.98. The zero-order valence-electron chi connectivity index (χ0n) is 8.02. The van der Waals surface area contributed by atoms with Gasteiger partial charge in [-0.2, -0.15) is 0 Å². The van der Waals surface area contributed by atoms with E-state index < -0.39 is 0 Å². The van der Waals surface area contributed by atoms with Gasteiger partial charge in [0.1, 0.15) is 0 Å². The van der Waals surface area contributed by atoms with Crippen LogP contribution in [0.2, 0.25) is 0 Å². The summed E-state index contributed by atoms with van der Waals surface area (Å²) < 4.78 is 5.58. The van der Waals surface area contributed by atoms with Crippen molar-refractivity contribution in [3.8, 4) is 0 Å². The van der Waals surface area contributed by atoms with Crippen molar-refractivity contribution >= 4 is 11.4 Å². The van der Waals surface area contributed by atoms with Crippen LogP contribution in [0.4, 0.5) is 11.4 Å². The molecule has 0 aromatic heterocycles. The minimum Gasteiger partial charge on any atom is -0.399 e. The first-order valence-corrected chi connectivity index (χ1v) is 5.07. The van der Waals surface area contributed by atoms with Gasteiger partial charge in [-0.25, -0.2) is 0 Å². The molecular weight excluding hydrogens is 176 g/mol. The number of piperidine rings is 1. The molecule has 1 aromatic carbocycles. The van der Waals surface area contributed by atoms with E-state index in [0.29, 0.717) is 12.2 Å². The van der Waals surface area contributed by atoms with E-state index in [1.54, 1.807) is 0 Å². The molecule has 2 N–H and O–H groups in total. The molecule has 0 aliphatic carbocycles. The fourth-order valence-electron chi connectivity index (χ4n) is 2.25. The van der Waals surface area contributed by atoms with Gasteiger partial charge in [0.2, 0.25) is 0 Å². The first-order valence-electron chi connectivity index (χ1n) is 5.07. The summed E-state index contributed by atoms with van der Waals surface area (Å²) in [5.41, 5.74) is 7.74. The lowest BCUT2D eigenvalue weighted by Gasteiger charge is -2.48. The van der Waals surface area contributed by atoms with E-state index in [1.165, 1.54) is 12.1 Å². The van der Waals surface area contributed by atoms with Crippen molar-refractivity contribution < 1.29 is 4.74 Å². The standard InChI is InChI=1S/C11H14N2O/c12-8-1-3-9(4-2-8)13-6-10-5-11(7-13)14-10/h1-4,10-11H,5-7,12H2/t10-,11+. The minimum absolute atomic E-state index is 0.464. The number of nitrogens with zero attached hydrogens (tertiary/aromatic N) is 1. The molecule has 0 saturated carbocycles. The number of ether oxygens (including phenoxy) is 1. The Morgan fingerprint density at radius 3 is 2.29 bits per heavy atom. The van der Waals surface area contributed by atoms with Crippen molar-refractivity contribution in [3.05, 3.63) is 24.3 Å². The van der Waals surface area contributed by atoms with Crippen LogP contribution < -0.4 is 10.6 Å². The van der Waals surface area contributed by atoms with Crippen LogP contribution in [-0.4, -0.2) is 25.3 Å². The normalized spacial score (nSPS) is 29.9. The lowest BCUT2D eigenvalue weighted by Crippen LogP contribution is -2.57. The second-order valence-corrected chi connectivity index (χ2v) is 4.11. The Bertz CT molecular complexity index is 320. The fourth-order valence-corrected chi connectivity index (χ4v) is 2.25. The summed E-state index contributed by atoms with van der Waals surface area (Å²) in [6.45, 7) is 2.06. The molecule has 3 nitrogen and oxygen atoms in total. The van der Waals surface area contributed by atoms with Crippen molar-refractivity contribution in [1.82, 2.24) is 0 Å². The maximum absolute atomic E-state index is 5.65. The summed E-state index contributed by atoms with van der Waals surface area (Å²) in [5.74, 6) is 0. The van der Waals surface area contributed by atoms with Gasteiger partial charge in [-0.1, -0.05) is 0 Å².